The molecule has 0 aliphatic rings. The van der Waals surface area contributed by atoms with Crippen LogP contribution in [0.4, 0.5) is 8.78 Å². The number of hydrogen-bond donors (Lipinski definition) is 1. The fourth-order valence-corrected chi connectivity index (χ4v) is 1.12. The summed E-state index contributed by atoms with van der Waals surface area (Å²) in [6.45, 7) is 0. The zero-order chi connectivity index (χ0) is 10.7. The van der Waals surface area contributed by atoms with Crippen molar-refractivity contribution < 1.29 is 13.9 Å². The molecule has 3 nitrogen and oxygen atoms in total. The van der Waals surface area contributed by atoms with Crippen LogP contribution in [0.2, 0.25) is 0 Å². The molecule has 0 atom stereocenters. The molecule has 0 fully saturated rings. The number of aromatic nitrogens is 1. The minimum absolute atomic E-state index is 0.0625. The van der Waals surface area contributed by atoms with E-state index in [1.54, 1.807) is 6.07 Å². The molecule has 0 saturated carbocycles. The first-order chi connectivity index (χ1) is 6.60. The highest BCUT2D eigenvalue weighted by molar-refractivity contribution is 6.17. The first kappa shape index (κ1) is 10.7. The lowest BCUT2D eigenvalue weighted by Gasteiger charge is -2.05. The maximum atomic E-state index is 12.2. The van der Waals surface area contributed by atoms with Crippen LogP contribution in [-0.4, -0.2) is 10.1 Å². The number of nitriles is 1. The minimum Gasteiger partial charge on any atom is -0.506 e. The number of nitrogens with zero attached hydrogens (tertiary/aromatic N) is 2. The van der Waals surface area contributed by atoms with E-state index in [1.807, 2.05) is 0 Å². The van der Waals surface area contributed by atoms with Gasteiger partial charge in [0.15, 0.2) is 0 Å². The molecule has 0 bridgehead atoms. The second-order valence-corrected chi connectivity index (χ2v) is 2.71. The summed E-state index contributed by atoms with van der Waals surface area (Å²) in [5.41, 5.74) is -0.750. The fourth-order valence-electron chi connectivity index (χ4n) is 0.916. The highest BCUT2D eigenvalue weighted by Gasteiger charge is 2.17. The molecule has 1 heterocycles. The van der Waals surface area contributed by atoms with Crippen LogP contribution in [0.1, 0.15) is 23.4 Å². The van der Waals surface area contributed by atoms with E-state index < -0.39 is 17.9 Å². The van der Waals surface area contributed by atoms with E-state index in [4.69, 9.17) is 22.0 Å². The van der Waals surface area contributed by atoms with E-state index >= 15 is 0 Å². The van der Waals surface area contributed by atoms with Crippen molar-refractivity contribution in [3.05, 3.63) is 23.0 Å². The van der Waals surface area contributed by atoms with Crippen molar-refractivity contribution in [2.24, 2.45) is 0 Å². The lowest BCUT2D eigenvalue weighted by Crippen LogP contribution is -1.98. The molecule has 0 aliphatic carbocycles. The van der Waals surface area contributed by atoms with Gasteiger partial charge >= 0.3 is 0 Å². The van der Waals surface area contributed by atoms with Crippen LogP contribution in [0.25, 0.3) is 0 Å². The number of pyridine rings is 1. The Morgan fingerprint density at radius 2 is 2.29 bits per heavy atom. The Bertz CT molecular complexity index is 390. The molecule has 1 aromatic heterocycles. The number of hydrogen-bond acceptors (Lipinski definition) is 3. The molecular weight excluding hydrogens is 214 g/mol. The first-order valence-electron chi connectivity index (χ1n) is 3.57. The largest absolute Gasteiger partial charge is 0.506 e. The zero-order valence-corrected chi connectivity index (χ0v) is 7.59. The average molecular weight is 219 g/mol. The maximum Gasteiger partial charge on any atom is 0.284 e. The molecule has 74 valence electrons. The molecule has 0 unspecified atom stereocenters. The van der Waals surface area contributed by atoms with Crippen LogP contribution in [0.15, 0.2) is 6.07 Å². The Morgan fingerprint density at radius 3 is 2.71 bits per heavy atom. The van der Waals surface area contributed by atoms with Gasteiger partial charge < -0.3 is 5.11 Å². The smallest absolute Gasteiger partial charge is 0.284 e. The summed E-state index contributed by atoms with van der Waals surface area (Å²) < 4.78 is 24.4. The van der Waals surface area contributed by atoms with Gasteiger partial charge in [-0.05, 0) is 6.07 Å². The van der Waals surface area contributed by atoms with Gasteiger partial charge in [0.05, 0.1) is 5.88 Å². The standard InChI is InChI=1S/C8H5ClF2N2O/c9-2-4-1-6(14)7(8(10)11)13-5(4)3-12/h1,8,14H,2H2. The van der Waals surface area contributed by atoms with Gasteiger partial charge in [-0.25, -0.2) is 13.8 Å². The van der Waals surface area contributed by atoms with Crippen molar-refractivity contribution in [2.45, 2.75) is 12.3 Å². The molecule has 1 aromatic rings. The van der Waals surface area contributed by atoms with Crippen LogP contribution in [-0.2, 0) is 5.88 Å². The summed E-state index contributed by atoms with van der Waals surface area (Å²) in [7, 11) is 0. The van der Waals surface area contributed by atoms with Crippen molar-refractivity contribution in [1.29, 1.82) is 5.26 Å². The van der Waals surface area contributed by atoms with Gasteiger partial charge in [0.2, 0.25) is 0 Å². The van der Waals surface area contributed by atoms with Crippen LogP contribution < -0.4 is 0 Å². The SMILES string of the molecule is N#Cc1nc(C(F)F)c(O)cc1CCl. The summed E-state index contributed by atoms with van der Waals surface area (Å²) in [5.74, 6) is -0.706. The zero-order valence-electron chi connectivity index (χ0n) is 6.84. The third-order valence-corrected chi connectivity index (χ3v) is 1.85. The molecule has 0 saturated heterocycles. The molecule has 1 N–H and O–H groups in total. The van der Waals surface area contributed by atoms with E-state index in [0.29, 0.717) is 0 Å². The monoisotopic (exact) mass is 218 g/mol. The third kappa shape index (κ3) is 1.91. The summed E-state index contributed by atoms with van der Waals surface area (Å²) >= 11 is 5.43. The number of aromatic hydroxyl groups is 1. The van der Waals surface area contributed by atoms with Crippen molar-refractivity contribution >= 4 is 11.6 Å². The van der Waals surface area contributed by atoms with Crippen LogP contribution in [0.3, 0.4) is 0 Å². The van der Waals surface area contributed by atoms with Gasteiger partial charge in [-0.3, -0.25) is 0 Å². The van der Waals surface area contributed by atoms with Crippen LogP contribution in [0, 0.1) is 11.3 Å². The van der Waals surface area contributed by atoms with Crippen molar-refractivity contribution in [3.8, 4) is 11.8 Å². The molecule has 14 heavy (non-hydrogen) atoms. The quantitative estimate of drug-likeness (QED) is 0.775. The molecular formula is C8H5ClF2N2O. The Balaban J connectivity index is 3.32. The average Bonchev–Trinajstić information content (AvgIpc) is 2.16. The van der Waals surface area contributed by atoms with Gasteiger partial charge in [-0.15, -0.1) is 11.6 Å². The predicted octanol–water partition coefficient (Wildman–Crippen LogP) is 2.34. The van der Waals surface area contributed by atoms with Gasteiger partial charge in [0, 0.05) is 5.56 Å². The van der Waals surface area contributed by atoms with Crippen LogP contribution >= 0.6 is 11.6 Å². The van der Waals surface area contributed by atoms with Crippen molar-refractivity contribution in [3.63, 3.8) is 0 Å². The predicted molar refractivity (Wildman–Crippen MR) is 45.1 cm³/mol. The van der Waals surface area contributed by atoms with E-state index in [1.165, 1.54) is 0 Å². The molecule has 1 rings (SSSR count). The van der Waals surface area contributed by atoms with Gasteiger partial charge in [-0.2, -0.15) is 5.26 Å². The number of rotatable bonds is 2. The normalized spacial score (nSPS) is 10.2. The Hall–Kier alpha value is -1.41. The molecule has 0 aromatic carbocycles. The summed E-state index contributed by atoms with van der Waals surface area (Å²) in [6, 6.07) is 2.66. The van der Waals surface area contributed by atoms with Gasteiger partial charge in [0.25, 0.3) is 6.43 Å². The highest BCUT2D eigenvalue weighted by atomic mass is 35.5. The minimum atomic E-state index is -2.91. The molecule has 0 aliphatic heterocycles. The van der Waals surface area contributed by atoms with Gasteiger partial charge in [-0.1, -0.05) is 0 Å². The number of halogens is 3. The maximum absolute atomic E-state index is 12.2. The summed E-state index contributed by atoms with van der Waals surface area (Å²) in [6.07, 6.45) is -2.91. The van der Waals surface area contributed by atoms with E-state index in [-0.39, 0.29) is 17.1 Å². The Labute approximate surface area is 83.6 Å². The number of alkyl halides is 3. The van der Waals surface area contributed by atoms with Crippen molar-refractivity contribution in [1.82, 2.24) is 4.98 Å². The van der Waals surface area contributed by atoms with E-state index in [2.05, 4.69) is 4.98 Å². The second-order valence-electron chi connectivity index (χ2n) is 2.45. The molecule has 0 amide bonds. The summed E-state index contributed by atoms with van der Waals surface area (Å²) in [5, 5.41) is 17.7. The van der Waals surface area contributed by atoms with E-state index in [0.717, 1.165) is 6.07 Å². The highest BCUT2D eigenvalue weighted by Crippen LogP contribution is 2.28. The van der Waals surface area contributed by atoms with Crippen molar-refractivity contribution in [2.75, 3.05) is 0 Å². The molecule has 0 radical (unpaired) electrons. The molecule has 0 spiro atoms. The first-order valence-corrected chi connectivity index (χ1v) is 4.10. The third-order valence-electron chi connectivity index (χ3n) is 1.57. The fraction of sp³-hybridized carbons (Fsp3) is 0.250. The topological polar surface area (TPSA) is 56.9 Å². The van der Waals surface area contributed by atoms with Crippen LogP contribution in [0.5, 0.6) is 5.75 Å². The lowest BCUT2D eigenvalue weighted by molar-refractivity contribution is 0.141. The molecule has 6 heteroatoms. The Morgan fingerprint density at radius 1 is 1.64 bits per heavy atom. The van der Waals surface area contributed by atoms with E-state index in [9.17, 15) is 8.78 Å². The van der Waals surface area contributed by atoms with Gasteiger partial charge in [0.1, 0.15) is 23.2 Å². The second kappa shape index (κ2) is 4.20. The summed E-state index contributed by atoms with van der Waals surface area (Å²) in [4.78, 5) is 3.32. The lowest BCUT2D eigenvalue weighted by atomic mass is 10.2. The Kier molecular flexibility index (Phi) is 3.20.